The number of hydrogen-bond donors (Lipinski definition) is 4. The van der Waals surface area contributed by atoms with E-state index in [1.807, 2.05) is 54.6 Å². The van der Waals surface area contributed by atoms with Crippen molar-refractivity contribution >= 4 is 47.6 Å². The molecular formula is C38H35BFN3O6. The number of aromatic nitrogens is 1. The summed E-state index contributed by atoms with van der Waals surface area (Å²) in [6.07, 6.45) is 3.93. The zero-order chi connectivity index (χ0) is 34.1. The summed E-state index contributed by atoms with van der Waals surface area (Å²) < 4.78 is 20.3. The molecule has 3 aliphatic rings. The molecule has 0 bridgehead atoms. The van der Waals surface area contributed by atoms with Gasteiger partial charge in [-0.1, -0.05) is 30.3 Å². The van der Waals surface area contributed by atoms with E-state index in [0.29, 0.717) is 35.4 Å². The standard InChI is InChI=1S/C38H35BFN3O6/c40-31-19-23(9-15-33(31)45)18-24(32-8-4-5-17-41-32)10-16-34-35-25(22-44)20-29-36(30(35)21-39(48)49-34)38(47)43(37(29)46)28-13-11-27(12-14-28)42-26-6-2-1-3-7-26/h1-9,11-15,17-19,29-30,34,36,42,44-45,48H,10,16,20-22H2/b24-18-/t29-,30+,34-,36-/m1/s1. The molecule has 9 nitrogen and oxygen atoms in total. The van der Waals surface area contributed by atoms with E-state index < -0.39 is 42.5 Å². The van der Waals surface area contributed by atoms with Crippen molar-refractivity contribution in [3.05, 3.63) is 125 Å². The number of benzene rings is 3. The summed E-state index contributed by atoms with van der Waals surface area (Å²) in [6, 6.07) is 26.4. The molecule has 1 aliphatic carbocycles. The summed E-state index contributed by atoms with van der Waals surface area (Å²) in [5.41, 5.74) is 5.57. The normalized spacial score (nSPS) is 22.3. The molecule has 2 amide bonds. The molecule has 2 aliphatic heterocycles. The van der Waals surface area contributed by atoms with E-state index in [0.717, 1.165) is 22.5 Å². The number of imide groups is 1. The van der Waals surface area contributed by atoms with E-state index >= 15 is 0 Å². The van der Waals surface area contributed by atoms with Crippen molar-refractivity contribution in [1.29, 1.82) is 0 Å². The van der Waals surface area contributed by atoms with Gasteiger partial charge in [0, 0.05) is 17.6 Å². The lowest BCUT2D eigenvalue weighted by Crippen LogP contribution is -2.46. The molecule has 7 rings (SSSR count). The molecule has 0 unspecified atom stereocenters. The van der Waals surface area contributed by atoms with Crippen LogP contribution in [0.5, 0.6) is 5.75 Å². The number of rotatable bonds is 9. The van der Waals surface area contributed by atoms with Gasteiger partial charge in [-0.15, -0.1) is 0 Å². The fraction of sp³-hybridized carbons (Fsp3) is 0.237. The Kier molecular flexibility index (Phi) is 9.14. The number of halogens is 1. The Bertz CT molecular complexity index is 1920. The lowest BCUT2D eigenvalue weighted by Gasteiger charge is -2.42. The zero-order valence-corrected chi connectivity index (χ0v) is 26.6. The highest BCUT2D eigenvalue weighted by atomic mass is 19.1. The Hall–Kier alpha value is -5.10. The van der Waals surface area contributed by atoms with Crippen LogP contribution in [-0.2, 0) is 14.2 Å². The van der Waals surface area contributed by atoms with Crippen molar-refractivity contribution < 1.29 is 33.9 Å². The maximum atomic E-state index is 14.2. The van der Waals surface area contributed by atoms with E-state index in [9.17, 15) is 29.2 Å². The van der Waals surface area contributed by atoms with Crippen LogP contribution in [0.15, 0.2) is 108 Å². The van der Waals surface area contributed by atoms with Crippen molar-refractivity contribution in [2.75, 3.05) is 16.8 Å². The number of anilines is 3. The fourth-order valence-electron chi connectivity index (χ4n) is 7.47. The number of para-hydroxylation sites is 1. The van der Waals surface area contributed by atoms with Crippen molar-refractivity contribution in [1.82, 2.24) is 4.98 Å². The molecule has 4 N–H and O–H groups in total. The predicted octanol–water partition coefficient (Wildman–Crippen LogP) is 5.98. The van der Waals surface area contributed by atoms with E-state index in [4.69, 9.17) is 4.65 Å². The second-order valence-electron chi connectivity index (χ2n) is 12.7. The molecule has 3 aromatic carbocycles. The molecule has 0 saturated carbocycles. The van der Waals surface area contributed by atoms with E-state index in [1.54, 1.807) is 36.5 Å². The van der Waals surface area contributed by atoms with Gasteiger partial charge in [0.2, 0.25) is 11.8 Å². The summed E-state index contributed by atoms with van der Waals surface area (Å²) in [7, 11) is -1.17. The van der Waals surface area contributed by atoms with Gasteiger partial charge in [0.05, 0.1) is 35.9 Å². The maximum Gasteiger partial charge on any atom is 0.455 e. The minimum Gasteiger partial charge on any atom is -0.505 e. The SMILES string of the molecule is O=C1[C@@H]2[C@@H](CC(CO)=C3[C@@H](CC/C(=C/c4ccc(O)c(F)c4)c4ccccn4)OB(O)C[C@@H]32)C(=O)N1c1ccc(Nc2ccccc2)cc1. The molecule has 2 fully saturated rings. The second-order valence-corrected chi connectivity index (χ2v) is 12.7. The van der Waals surface area contributed by atoms with Gasteiger partial charge >= 0.3 is 7.12 Å². The summed E-state index contributed by atoms with van der Waals surface area (Å²) in [5, 5.41) is 34.5. The van der Waals surface area contributed by atoms with Crippen molar-refractivity contribution in [3.63, 3.8) is 0 Å². The maximum absolute atomic E-state index is 14.2. The second kappa shape index (κ2) is 13.8. The third-order valence-electron chi connectivity index (χ3n) is 9.67. The first kappa shape index (κ1) is 32.5. The van der Waals surface area contributed by atoms with Gasteiger partial charge < -0.3 is 25.2 Å². The Morgan fingerprint density at radius 3 is 2.45 bits per heavy atom. The number of allylic oxidation sites excluding steroid dienone is 1. The van der Waals surface area contributed by atoms with Gasteiger partial charge in [0.1, 0.15) is 0 Å². The van der Waals surface area contributed by atoms with Crippen LogP contribution in [0.4, 0.5) is 21.5 Å². The van der Waals surface area contributed by atoms with Crippen LogP contribution < -0.4 is 10.2 Å². The summed E-state index contributed by atoms with van der Waals surface area (Å²) in [6.45, 7) is -0.304. The molecular weight excluding hydrogens is 624 g/mol. The number of hydrogen-bond acceptors (Lipinski definition) is 8. The Balaban J connectivity index is 1.14. The Morgan fingerprint density at radius 2 is 1.73 bits per heavy atom. The number of aromatic hydroxyl groups is 1. The van der Waals surface area contributed by atoms with Crippen LogP contribution in [0.25, 0.3) is 11.6 Å². The molecule has 11 heteroatoms. The first-order valence-electron chi connectivity index (χ1n) is 16.4. The minimum atomic E-state index is -1.17. The van der Waals surface area contributed by atoms with E-state index in [-0.39, 0.29) is 31.2 Å². The number of aliphatic hydroxyl groups is 1. The number of carbonyl (C=O) groups excluding carboxylic acids is 2. The highest BCUT2D eigenvalue weighted by molar-refractivity contribution is 6.43. The van der Waals surface area contributed by atoms with Crippen LogP contribution >= 0.6 is 0 Å². The topological polar surface area (TPSA) is 132 Å². The Labute approximate surface area is 283 Å². The van der Waals surface area contributed by atoms with Crippen LogP contribution in [0, 0.1) is 23.6 Å². The smallest absolute Gasteiger partial charge is 0.455 e. The van der Waals surface area contributed by atoms with Gasteiger partial charge in [-0.25, -0.2) is 4.39 Å². The fourth-order valence-corrected chi connectivity index (χ4v) is 7.47. The van der Waals surface area contributed by atoms with Crippen LogP contribution in [0.2, 0.25) is 6.32 Å². The minimum absolute atomic E-state index is 0.124. The van der Waals surface area contributed by atoms with Crippen LogP contribution in [0.3, 0.4) is 0 Å². The summed E-state index contributed by atoms with van der Waals surface area (Å²) >= 11 is 0. The molecule has 0 radical (unpaired) electrons. The first-order chi connectivity index (χ1) is 23.8. The monoisotopic (exact) mass is 659 g/mol. The number of amides is 2. The van der Waals surface area contributed by atoms with Gasteiger partial charge in [0.15, 0.2) is 11.6 Å². The average molecular weight is 660 g/mol. The number of nitrogens with zero attached hydrogens (tertiary/aromatic N) is 2. The molecule has 0 spiro atoms. The number of fused-ring (bicyclic) bond motifs is 3. The molecule has 2 saturated heterocycles. The third-order valence-corrected chi connectivity index (χ3v) is 9.67. The highest BCUT2D eigenvalue weighted by Crippen LogP contribution is 2.51. The number of phenolic OH excluding ortho intramolecular Hbond substituents is 1. The molecule has 3 heterocycles. The van der Waals surface area contributed by atoms with Gasteiger partial charge in [-0.05, 0) is 121 Å². The molecule has 248 valence electrons. The van der Waals surface area contributed by atoms with Crippen LogP contribution in [-0.4, -0.2) is 51.9 Å². The lowest BCUT2D eigenvalue weighted by molar-refractivity contribution is -0.122. The van der Waals surface area contributed by atoms with Gasteiger partial charge in [-0.2, -0.15) is 0 Å². The molecule has 4 atom stereocenters. The van der Waals surface area contributed by atoms with Gasteiger partial charge in [0.25, 0.3) is 0 Å². The third kappa shape index (κ3) is 6.52. The van der Waals surface area contributed by atoms with E-state index in [2.05, 4.69) is 10.3 Å². The summed E-state index contributed by atoms with van der Waals surface area (Å²) in [5.74, 6) is -3.69. The highest BCUT2D eigenvalue weighted by Gasteiger charge is 2.57. The van der Waals surface area contributed by atoms with Gasteiger partial charge in [-0.3, -0.25) is 19.5 Å². The zero-order valence-electron chi connectivity index (χ0n) is 26.6. The Morgan fingerprint density at radius 1 is 0.980 bits per heavy atom. The number of aliphatic hydroxyl groups excluding tert-OH is 1. The first-order valence-corrected chi connectivity index (χ1v) is 16.4. The molecule has 1 aromatic heterocycles. The largest absolute Gasteiger partial charge is 0.505 e. The average Bonchev–Trinajstić information content (AvgIpc) is 3.37. The quantitative estimate of drug-likeness (QED) is 0.0980. The van der Waals surface area contributed by atoms with Crippen molar-refractivity contribution in [3.8, 4) is 5.75 Å². The van der Waals surface area contributed by atoms with Crippen LogP contribution in [0.1, 0.15) is 30.5 Å². The number of nitrogens with one attached hydrogen (secondary N) is 1. The number of pyridine rings is 1. The number of phenols is 1. The number of carbonyl (C=O) groups is 2. The van der Waals surface area contributed by atoms with E-state index in [1.165, 1.54) is 17.0 Å². The lowest BCUT2D eigenvalue weighted by atomic mass is 9.58. The molecule has 49 heavy (non-hydrogen) atoms. The van der Waals surface area contributed by atoms with Crippen molar-refractivity contribution in [2.45, 2.75) is 31.7 Å². The molecule has 4 aromatic rings. The van der Waals surface area contributed by atoms with Crippen molar-refractivity contribution in [2.24, 2.45) is 17.8 Å². The predicted molar refractivity (Wildman–Crippen MR) is 185 cm³/mol. The summed E-state index contributed by atoms with van der Waals surface area (Å²) in [4.78, 5) is 33.7.